The van der Waals surface area contributed by atoms with Gasteiger partial charge in [0.1, 0.15) is 11.6 Å². The largest absolute Gasteiger partial charge is 0.493 e. The third kappa shape index (κ3) is 3.62. The Kier molecular flexibility index (Phi) is 4.98. The summed E-state index contributed by atoms with van der Waals surface area (Å²) in [4.78, 5) is 0. The minimum Gasteiger partial charge on any atom is -0.493 e. The molecule has 1 N–H and O–H groups in total. The maximum Gasteiger partial charge on any atom is 0.165 e. The van der Waals surface area contributed by atoms with Gasteiger partial charge in [0.15, 0.2) is 11.5 Å². The Balaban J connectivity index is 2.19. The van der Waals surface area contributed by atoms with E-state index in [-0.39, 0.29) is 5.69 Å². The van der Waals surface area contributed by atoms with Crippen LogP contribution in [0.15, 0.2) is 36.4 Å². The van der Waals surface area contributed by atoms with E-state index < -0.39 is 11.6 Å². The van der Waals surface area contributed by atoms with Crippen molar-refractivity contribution < 1.29 is 18.3 Å². The zero-order valence-electron chi connectivity index (χ0n) is 12.0. The molecule has 0 aliphatic heterocycles. The molecule has 0 saturated heterocycles. The van der Waals surface area contributed by atoms with Crippen LogP contribution >= 0.6 is 0 Å². The van der Waals surface area contributed by atoms with Crippen molar-refractivity contribution in [3.05, 3.63) is 53.6 Å². The minimum atomic E-state index is -0.503. The molecule has 0 fully saturated rings. The van der Waals surface area contributed by atoms with Crippen molar-refractivity contribution in [3.63, 3.8) is 0 Å². The summed E-state index contributed by atoms with van der Waals surface area (Å²) >= 11 is 0. The first kappa shape index (κ1) is 15.1. The monoisotopic (exact) mass is 293 g/mol. The average molecular weight is 293 g/mol. The van der Waals surface area contributed by atoms with Crippen LogP contribution in [0.4, 0.5) is 14.5 Å². The number of hydrogen-bond donors (Lipinski definition) is 1. The number of anilines is 1. The van der Waals surface area contributed by atoms with Crippen LogP contribution in [0, 0.1) is 11.6 Å². The summed E-state index contributed by atoms with van der Waals surface area (Å²) in [5.41, 5.74) is 0.908. The van der Waals surface area contributed by atoms with Crippen molar-refractivity contribution in [2.24, 2.45) is 0 Å². The molecule has 5 heteroatoms. The molecule has 0 spiro atoms. The summed E-state index contributed by atoms with van der Waals surface area (Å²) < 4.78 is 37.5. The Hall–Kier alpha value is -2.30. The molecule has 0 aliphatic carbocycles. The van der Waals surface area contributed by atoms with Crippen LogP contribution in [0.2, 0.25) is 0 Å². The second-order valence-corrected chi connectivity index (χ2v) is 4.36. The molecule has 0 saturated carbocycles. The van der Waals surface area contributed by atoms with Gasteiger partial charge in [0, 0.05) is 12.1 Å². The second-order valence-electron chi connectivity index (χ2n) is 4.36. The van der Waals surface area contributed by atoms with Crippen molar-refractivity contribution in [3.8, 4) is 11.5 Å². The average Bonchev–Trinajstić information content (AvgIpc) is 2.48. The predicted octanol–water partition coefficient (Wildman–Crippen LogP) is 3.98. The van der Waals surface area contributed by atoms with E-state index in [1.165, 1.54) is 0 Å². The number of nitrogens with one attached hydrogen (secondary N) is 1. The number of hydrogen-bond acceptors (Lipinski definition) is 3. The fourth-order valence-corrected chi connectivity index (χ4v) is 2.02. The lowest BCUT2D eigenvalue weighted by Crippen LogP contribution is -2.05. The maximum absolute atomic E-state index is 13.6. The van der Waals surface area contributed by atoms with Crippen molar-refractivity contribution in [1.29, 1.82) is 0 Å². The zero-order valence-corrected chi connectivity index (χ0v) is 12.0. The molecular formula is C16H17F2NO2. The first-order chi connectivity index (χ1) is 10.2. The number of halogens is 2. The molecule has 2 aromatic rings. The molecule has 21 heavy (non-hydrogen) atoms. The van der Waals surface area contributed by atoms with Crippen molar-refractivity contribution in [2.75, 3.05) is 19.0 Å². The number of ether oxygens (including phenoxy) is 2. The maximum atomic E-state index is 13.6. The Labute approximate surface area is 122 Å². The summed E-state index contributed by atoms with van der Waals surface area (Å²) in [7, 11) is 1.55. The van der Waals surface area contributed by atoms with Gasteiger partial charge in [-0.05, 0) is 31.2 Å². The highest BCUT2D eigenvalue weighted by Gasteiger charge is 2.11. The highest BCUT2D eigenvalue weighted by atomic mass is 19.1. The summed E-state index contributed by atoms with van der Waals surface area (Å²) in [5.74, 6) is 0.216. The summed E-state index contributed by atoms with van der Waals surface area (Å²) in [5, 5.41) is 2.86. The standard InChI is InChI=1S/C16H17F2NO2/c1-3-21-15-6-4-5-11(16(15)20-2)10-19-14-9-12(17)7-8-13(14)18/h4-9,19H,3,10H2,1-2H3. The Morgan fingerprint density at radius 2 is 1.95 bits per heavy atom. The van der Waals surface area contributed by atoms with Gasteiger partial charge in [-0.1, -0.05) is 12.1 Å². The molecule has 0 radical (unpaired) electrons. The Morgan fingerprint density at radius 3 is 2.67 bits per heavy atom. The van der Waals surface area contributed by atoms with Crippen LogP contribution in [0.1, 0.15) is 12.5 Å². The van der Waals surface area contributed by atoms with E-state index in [0.717, 1.165) is 23.8 Å². The molecule has 0 unspecified atom stereocenters. The lowest BCUT2D eigenvalue weighted by Gasteiger charge is -2.15. The van der Waals surface area contributed by atoms with Gasteiger partial charge in [-0.25, -0.2) is 8.78 Å². The molecule has 112 valence electrons. The normalized spacial score (nSPS) is 10.3. The molecule has 3 nitrogen and oxygen atoms in total. The van der Waals surface area contributed by atoms with Gasteiger partial charge in [-0.3, -0.25) is 0 Å². The van der Waals surface area contributed by atoms with Crippen LogP contribution in [-0.4, -0.2) is 13.7 Å². The second kappa shape index (κ2) is 6.92. The van der Waals surface area contributed by atoms with Crippen molar-refractivity contribution in [2.45, 2.75) is 13.5 Å². The first-order valence-corrected chi connectivity index (χ1v) is 6.63. The summed E-state index contributed by atoms with van der Waals surface area (Å²) in [6.45, 7) is 2.70. The fraction of sp³-hybridized carbons (Fsp3) is 0.250. The van der Waals surface area contributed by atoms with E-state index in [0.29, 0.717) is 24.7 Å². The topological polar surface area (TPSA) is 30.5 Å². The molecule has 0 heterocycles. The Morgan fingerprint density at radius 1 is 1.14 bits per heavy atom. The van der Waals surface area contributed by atoms with Gasteiger partial charge >= 0.3 is 0 Å². The molecule has 0 bridgehead atoms. The first-order valence-electron chi connectivity index (χ1n) is 6.63. The van der Waals surface area contributed by atoms with Gasteiger partial charge in [0.25, 0.3) is 0 Å². The highest BCUT2D eigenvalue weighted by molar-refractivity contribution is 5.50. The third-order valence-corrected chi connectivity index (χ3v) is 2.96. The van der Waals surface area contributed by atoms with Crippen LogP contribution in [-0.2, 0) is 6.54 Å². The van der Waals surface area contributed by atoms with Crippen LogP contribution in [0.3, 0.4) is 0 Å². The third-order valence-electron chi connectivity index (χ3n) is 2.96. The lowest BCUT2D eigenvalue weighted by molar-refractivity contribution is 0.309. The number of para-hydroxylation sites is 1. The van der Waals surface area contributed by atoms with Crippen LogP contribution in [0.5, 0.6) is 11.5 Å². The molecule has 0 aliphatic rings. The highest BCUT2D eigenvalue weighted by Crippen LogP contribution is 2.31. The predicted molar refractivity (Wildman–Crippen MR) is 77.8 cm³/mol. The molecule has 2 aromatic carbocycles. The Bertz CT molecular complexity index is 617. The minimum absolute atomic E-state index is 0.110. The van der Waals surface area contributed by atoms with Gasteiger partial charge in [-0.2, -0.15) is 0 Å². The fourth-order valence-electron chi connectivity index (χ4n) is 2.02. The van der Waals surface area contributed by atoms with Crippen molar-refractivity contribution in [1.82, 2.24) is 0 Å². The van der Waals surface area contributed by atoms with E-state index in [1.54, 1.807) is 13.2 Å². The zero-order chi connectivity index (χ0) is 15.2. The van der Waals surface area contributed by atoms with Crippen LogP contribution < -0.4 is 14.8 Å². The van der Waals surface area contributed by atoms with E-state index in [2.05, 4.69) is 5.32 Å². The molecular weight excluding hydrogens is 276 g/mol. The lowest BCUT2D eigenvalue weighted by atomic mass is 10.1. The van der Waals surface area contributed by atoms with E-state index in [4.69, 9.17) is 9.47 Å². The van der Waals surface area contributed by atoms with E-state index >= 15 is 0 Å². The molecule has 2 rings (SSSR count). The van der Waals surface area contributed by atoms with Gasteiger partial charge in [0.05, 0.1) is 19.4 Å². The van der Waals surface area contributed by atoms with Gasteiger partial charge in [-0.15, -0.1) is 0 Å². The summed E-state index contributed by atoms with van der Waals surface area (Å²) in [6.07, 6.45) is 0. The van der Waals surface area contributed by atoms with Gasteiger partial charge in [0.2, 0.25) is 0 Å². The number of benzene rings is 2. The smallest absolute Gasteiger partial charge is 0.165 e. The molecule has 0 amide bonds. The quantitative estimate of drug-likeness (QED) is 0.873. The molecule has 0 atom stereocenters. The van der Waals surface area contributed by atoms with Crippen molar-refractivity contribution >= 4 is 5.69 Å². The van der Waals surface area contributed by atoms with Gasteiger partial charge < -0.3 is 14.8 Å². The van der Waals surface area contributed by atoms with Crippen LogP contribution in [0.25, 0.3) is 0 Å². The SMILES string of the molecule is CCOc1cccc(CNc2cc(F)ccc2F)c1OC. The number of methoxy groups -OCH3 is 1. The molecule has 0 aromatic heterocycles. The van der Waals surface area contributed by atoms with E-state index in [1.807, 2.05) is 19.1 Å². The van der Waals surface area contributed by atoms with E-state index in [9.17, 15) is 8.78 Å². The number of rotatable bonds is 6. The summed E-state index contributed by atoms with van der Waals surface area (Å²) in [6, 6.07) is 8.75.